The minimum absolute atomic E-state index is 0.0926. The Bertz CT molecular complexity index is 3800. The van der Waals surface area contributed by atoms with Crippen LogP contribution in [0.5, 0.6) is 0 Å². The molecule has 5 aromatic carbocycles. The molecule has 0 aromatic heterocycles. The number of hydrogen-bond acceptors (Lipinski definition) is 24. The SMILES string of the molecule is [C-]#[N+]/C(=C/c1ccc(N(C)COC2OC(OCN(C)c3ccc(/C=C(\C#N)C(=O)OCC)cc3)C(OCN(C)c3ccc(/C=C(/C#N)C(=O)OCC)cc3)C(OCN(C)c3ccc(/C=C(/[N+]#[C-])C(=O)OCC)cc3)C2OCN(C)c2ccc(/C=C(/C#N)C(=O)OCC)cc2)cc1)C(=O)OCC. The monoisotopic (exact) mass is 1380 g/mol. The normalized spacial score (nSPS) is 16.1. The highest BCUT2D eigenvalue weighted by Gasteiger charge is 2.50. The molecule has 0 aliphatic carbocycles. The van der Waals surface area contributed by atoms with Crippen LogP contribution in [0.1, 0.15) is 62.4 Å². The van der Waals surface area contributed by atoms with E-state index < -0.39 is 60.7 Å². The topological polar surface area (TPSA) is 283 Å². The Balaban J connectivity index is 1.45. The number of ether oxygens (including phenoxy) is 11. The molecule has 0 saturated carbocycles. The fraction of sp³-hybridized carbons (Fsp3) is 0.333. The number of carbonyl (C=O) groups is 5. The maximum atomic E-state index is 12.5. The van der Waals surface area contributed by atoms with Crippen LogP contribution in [0.15, 0.2) is 149 Å². The molecule has 5 unspecified atom stereocenters. The quantitative estimate of drug-likeness (QED) is 0.00910. The van der Waals surface area contributed by atoms with E-state index in [1.165, 1.54) is 30.4 Å². The molecule has 526 valence electrons. The van der Waals surface area contributed by atoms with Crippen molar-refractivity contribution in [2.75, 3.05) is 126 Å². The molecule has 5 aromatic rings. The maximum Gasteiger partial charge on any atom is 0.348 e. The Labute approximate surface area is 588 Å². The predicted octanol–water partition coefficient (Wildman–Crippen LogP) is 10.4. The summed E-state index contributed by atoms with van der Waals surface area (Å²) >= 11 is 0. The van der Waals surface area contributed by atoms with Gasteiger partial charge < -0.3 is 76.6 Å². The van der Waals surface area contributed by atoms with Gasteiger partial charge in [0.2, 0.25) is 0 Å². The molecule has 0 bridgehead atoms. The molecule has 5 atom stereocenters. The number of esters is 5. The number of carbonyl (C=O) groups excluding carboxylic acids is 5. The molecule has 6 rings (SSSR count). The van der Waals surface area contributed by atoms with Crippen molar-refractivity contribution in [1.29, 1.82) is 15.8 Å². The lowest BCUT2D eigenvalue weighted by atomic mass is 10.0. The summed E-state index contributed by atoms with van der Waals surface area (Å²) in [4.78, 5) is 78.3. The van der Waals surface area contributed by atoms with E-state index in [2.05, 4.69) is 9.69 Å². The van der Waals surface area contributed by atoms with Gasteiger partial charge in [0.25, 0.3) is 11.4 Å². The lowest BCUT2D eigenvalue weighted by Crippen LogP contribution is -2.63. The van der Waals surface area contributed by atoms with Gasteiger partial charge in [-0.1, -0.05) is 60.7 Å². The largest absolute Gasteiger partial charge is 0.471 e. The molecule has 1 fully saturated rings. The van der Waals surface area contributed by atoms with E-state index in [9.17, 15) is 39.8 Å². The smallest absolute Gasteiger partial charge is 0.348 e. The summed E-state index contributed by atoms with van der Waals surface area (Å²) in [6.07, 6.45) is 1.02. The summed E-state index contributed by atoms with van der Waals surface area (Å²) in [7, 11) is 8.93. The van der Waals surface area contributed by atoms with E-state index >= 15 is 0 Å². The van der Waals surface area contributed by atoms with E-state index in [0.29, 0.717) is 56.3 Å². The lowest BCUT2D eigenvalue weighted by Gasteiger charge is -2.46. The van der Waals surface area contributed by atoms with Crippen LogP contribution in [0.2, 0.25) is 0 Å². The summed E-state index contributed by atoms with van der Waals surface area (Å²) in [5.41, 5.74) is 5.20. The molecule has 1 saturated heterocycles. The van der Waals surface area contributed by atoms with E-state index in [4.69, 9.17) is 65.2 Å². The van der Waals surface area contributed by atoms with Gasteiger partial charge in [-0.05, 0) is 153 Å². The molecule has 26 heteroatoms. The second kappa shape index (κ2) is 40.3. The number of benzene rings is 5. The van der Waals surface area contributed by atoms with Crippen LogP contribution in [0.4, 0.5) is 28.4 Å². The highest BCUT2D eigenvalue weighted by atomic mass is 16.8. The molecule has 26 nitrogen and oxygen atoms in total. The van der Waals surface area contributed by atoms with Crippen molar-refractivity contribution in [3.05, 3.63) is 200 Å². The predicted molar refractivity (Wildman–Crippen MR) is 377 cm³/mol. The minimum atomic E-state index is -1.32. The minimum Gasteiger partial charge on any atom is -0.471 e. The van der Waals surface area contributed by atoms with Crippen LogP contribution in [0.3, 0.4) is 0 Å². The first kappa shape index (κ1) is 78.4. The van der Waals surface area contributed by atoms with Gasteiger partial charge in [0.1, 0.15) is 86.9 Å². The molecular weight excluding hydrogens is 1300 g/mol. The van der Waals surface area contributed by atoms with Crippen molar-refractivity contribution < 1.29 is 76.1 Å². The van der Waals surface area contributed by atoms with Gasteiger partial charge in [-0.25, -0.2) is 24.1 Å². The first-order chi connectivity index (χ1) is 48.7. The lowest BCUT2D eigenvalue weighted by molar-refractivity contribution is -0.364. The average molecular weight is 1380 g/mol. The summed E-state index contributed by atoms with van der Waals surface area (Å²) in [6, 6.07) is 40.8. The van der Waals surface area contributed by atoms with Crippen LogP contribution >= 0.6 is 0 Å². The molecule has 1 heterocycles. The fourth-order valence-corrected chi connectivity index (χ4v) is 9.59. The van der Waals surface area contributed by atoms with E-state index in [-0.39, 0.29) is 94.8 Å². The second-order valence-electron chi connectivity index (χ2n) is 22.1. The van der Waals surface area contributed by atoms with Gasteiger partial charge in [-0.2, -0.15) is 15.8 Å². The summed E-state index contributed by atoms with van der Waals surface area (Å²) in [5, 5.41) is 29.2. The zero-order valence-corrected chi connectivity index (χ0v) is 57.9. The number of nitriles is 3. The second-order valence-corrected chi connectivity index (χ2v) is 22.1. The van der Waals surface area contributed by atoms with Gasteiger partial charge in [0.05, 0.1) is 46.2 Å². The van der Waals surface area contributed by atoms with Gasteiger partial charge in [-0.15, -0.1) is 0 Å². The molecular formula is C75H80N10O16. The Kier molecular flexibility index (Phi) is 31.3. The Morgan fingerprint density at radius 3 is 0.812 bits per heavy atom. The first-order valence-electron chi connectivity index (χ1n) is 31.9. The van der Waals surface area contributed by atoms with Gasteiger partial charge in [0, 0.05) is 63.7 Å². The third-order valence-electron chi connectivity index (χ3n) is 15.0. The highest BCUT2D eigenvalue weighted by Crippen LogP contribution is 2.33. The van der Waals surface area contributed by atoms with Crippen molar-refractivity contribution in [3.8, 4) is 18.2 Å². The van der Waals surface area contributed by atoms with Crippen LogP contribution in [-0.4, -0.2) is 163 Å². The Morgan fingerprint density at radius 1 is 0.366 bits per heavy atom. The summed E-state index contributed by atoms with van der Waals surface area (Å²) in [5.74, 6) is -3.74. The van der Waals surface area contributed by atoms with Crippen LogP contribution in [-0.2, 0) is 76.1 Å². The van der Waals surface area contributed by atoms with Crippen LogP contribution < -0.4 is 24.5 Å². The molecule has 0 N–H and O–H groups in total. The van der Waals surface area contributed by atoms with Gasteiger partial charge >= 0.3 is 29.8 Å². The molecule has 0 radical (unpaired) electrons. The van der Waals surface area contributed by atoms with Crippen molar-refractivity contribution in [2.24, 2.45) is 0 Å². The number of anilines is 5. The zero-order chi connectivity index (χ0) is 73.4. The van der Waals surface area contributed by atoms with E-state index in [0.717, 1.165) is 0 Å². The third-order valence-corrected chi connectivity index (χ3v) is 15.0. The molecule has 0 spiro atoms. The van der Waals surface area contributed by atoms with Crippen molar-refractivity contribution in [1.82, 2.24) is 0 Å². The van der Waals surface area contributed by atoms with E-state index in [1.807, 2.05) is 23.1 Å². The summed E-state index contributed by atoms with van der Waals surface area (Å²) in [6.45, 7) is 23.3. The molecule has 1 aliphatic rings. The highest BCUT2D eigenvalue weighted by molar-refractivity contribution is 6.00. The van der Waals surface area contributed by atoms with Crippen molar-refractivity contribution in [3.63, 3.8) is 0 Å². The van der Waals surface area contributed by atoms with Crippen molar-refractivity contribution >= 4 is 88.7 Å². The fourth-order valence-electron chi connectivity index (χ4n) is 9.59. The number of nitrogens with zero attached hydrogens (tertiary/aromatic N) is 10. The first-order valence-corrected chi connectivity index (χ1v) is 31.9. The molecule has 101 heavy (non-hydrogen) atoms. The Morgan fingerprint density at radius 2 is 0.584 bits per heavy atom. The van der Waals surface area contributed by atoms with Crippen molar-refractivity contribution in [2.45, 2.75) is 65.5 Å². The standard InChI is InChI=1S/C75H80N10O16/c1-13-91-69(86)56(43-76)38-51-18-28-59(29-19-51)82(9)47-97-67-66(96-46-81(8)61-34-24-54(25-35-61)41-64(79-6)72(89)94-16-4)68(98-48-83(10)60-30-20-52(21-31-60)39-57(44-77)70(87)92-14-2)75(100-50-85(12)63-36-26-55(27-37-63)42-65(80-7)73(90)95-17-5)101-74(67)99-49-84(11)62-32-22-53(23-33-62)40-58(45-78)71(88)93-15-3/h18-42,66-68,74-75H,13-17,46-50H2,1-5,8-12H3/b56-38-,57-39-,58-40+,64-41+,65-42+. The molecule has 0 amide bonds. The van der Waals surface area contributed by atoms with Crippen LogP contribution in [0, 0.1) is 47.1 Å². The number of rotatable bonds is 35. The van der Waals surface area contributed by atoms with E-state index in [1.54, 1.807) is 211 Å². The third kappa shape index (κ3) is 23.2. The van der Waals surface area contributed by atoms with Crippen LogP contribution in [0.25, 0.3) is 40.1 Å². The van der Waals surface area contributed by atoms with Gasteiger partial charge in [-0.3, -0.25) is 9.59 Å². The molecule has 1 aliphatic heterocycles. The maximum absolute atomic E-state index is 12.5. The average Bonchev–Trinajstić information content (AvgIpc) is 0.786. The zero-order valence-electron chi connectivity index (χ0n) is 57.9. The van der Waals surface area contributed by atoms with Gasteiger partial charge in [0.15, 0.2) is 12.6 Å². The Hall–Kier alpha value is -11.6. The summed E-state index contributed by atoms with van der Waals surface area (Å²) < 4.78 is 67.0. The number of hydrogen-bond donors (Lipinski definition) is 0.